The molecule has 34 heavy (non-hydrogen) atoms. The maximum Gasteiger partial charge on any atom is 0.407 e. The molecule has 0 aliphatic heterocycles. The van der Waals surface area contributed by atoms with E-state index >= 15 is 0 Å². The smallest absolute Gasteiger partial charge is 0.407 e. The van der Waals surface area contributed by atoms with Gasteiger partial charge in [-0.1, -0.05) is 60.7 Å². The van der Waals surface area contributed by atoms with Crippen molar-refractivity contribution in [3.63, 3.8) is 0 Å². The summed E-state index contributed by atoms with van der Waals surface area (Å²) in [6.07, 6.45) is -1.70. The Morgan fingerprint density at radius 3 is 1.32 bits per heavy atom. The quantitative estimate of drug-likeness (QED) is 0.523. The molecule has 186 valence electrons. The Morgan fingerprint density at radius 2 is 1.03 bits per heavy atom. The van der Waals surface area contributed by atoms with E-state index in [-0.39, 0.29) is 0 Å². The molecule has 2 aromatic rings. The molecule has 0 aliphatic rings. The van der Waals surface area contributed by atoms with Crippen LogP contribution < -0.4 is 10.6 Å². The van der Waals surface area contributed by atoms with Crippen LogP contribution in [0.5, 0.6) is 0 Å². The minimum absolute atomic E-state index is 0.350. The fourth-order valence-corrected chi connectivity index (χ4v) is 3.45. The minimum Gasteiger partial charge on any atom is -0.444 e. The van der Waals surface area contributed by atoms with Crippen molar-refractivity contribution in [1.29, 1.82) is 0 Å². The van der Waals surface area contributed by atoms with E-state index < -0.39 is 41.6 Å². The van der Waals surface area contributed by atoms with Crippen LogP contribution in [-0.4, -0.2) is 46.7 Å². The first-order valence-electron chi connectivity index (χ1n) is 11.6. The van der Waals surface area contributed by atoms with Gasteiger partial charge in [-0.2, -0.15) is 0 Å². The standard InChI is InChI=1S/C27H38N2O5/c1-26(2,3)33-24(31)28-21(17-19-13-9-7-10-14-19)23(30)22(18-20-15-11-8-12-16-20)29-25(32)34-27(4,5)6/h7-16,21-23,30H,17-18H2,1-6H3,(H,28,31)(H,29,32)/t21-,22-/m0/s1. The highest BCUT2D eigenvalue weighted by Gasteiger charge is 2.33. The first-order chi connectivity index (χ1) is 15.8. The molecule has 0 heterocycles. The summed E-state index contributed by atoms with van der Waals surface area (Å²) in [6.45, 7) is 10.7. The number of rotatable bonds is 8. The van der Waals surface area contributed by atoms with E-state index in [1.807, 2.05) is 60.7 Å². The third-order valence-corrected chi connectivity index (χ3v) is 4.83. The lowest BCUT2D eigenvalue weighted by atomic mass is 9.92. The van der Waals surface area contributed by atoms with Crippen molar-refractivity contribution in [3.05, 3.63) is 71.8 Å². The molecule has 0 radical (unpaired) electrons. The van der Waals surface area contributed by atoms with E-state index in [0.29, 0.717) is 12.8 Å². The third kappa shape index (κ3) is 10.3. The lowest BCUT2D eigenvalue weighted by Crippen LogP contribution is -2.56. The van der Waals surface area contributed by atoms with E-state index in [1.165, 1.54) is 0 Å². The number of nitrogens with one attached hydrogen (secondary N) is 2. The molecule has 2 atom stereocenters. The van der Waals surface area contributed by atoms with Gasteiger partial charge in [-0.25, -0.2) is 9.59 Å². The number of hydrogen-bond acceptors (Lipinski definition) is 5. The number of benzene rings is 2. The maximum atomic E-state index is 12.6. The van der Waals surface area contributed by atoms with Gasteiger partial charge in [0.15, 0.2) is 0 Å². The van der Waals surface area contributed by atoms with Crippen molar-refractivity contribution in [2.45, 2.75) is 83.8 Å². The van der Waals surface area contributed by atoms with Gasteiger partial charge in [-0.3, -0.25) is 0 Å². The van der Waals surface area contributed by atoms with Gasteiger partial charge in [0.05, 0.1) is 18.2 Å². The summed E-state index contributed by atoms with van der Waals surface area (Å²) < 4.78 is 10.9. The molecule has 7 nitrogen and oxygen atoms in total. The molecule has 0 saturated heterocycles. The molecule has 0 aliphatic carbocycles. The van der Waals surface area contributed by atoms with Crippen LogP contribution in [0.4, 0.5) is 9.59 Å². The van der Waals surface area contributed by atoms with Gasteiger partial charge < -0.3 is 25.2 Å². The highest BCUT2D eigenvalue weighted by atomic mass is 16.6. The molecule has 0 aromatic heterocycles. The van der Waals surface area contributed by atoms with Crippen LogP contribution in [0.15, 0.2) is 60.7 Å². The van der Waals surface area contributed by atoms with Crippen LogP contribution in [0.3, 0.4) is 0 Å². The van der Waals surface area contributed by atoms with Crippen LogP contribution in [0, 0.1) is 0 Å². The van der Waals surface area contributed by atoms with Crippen LogP contribution in [0.25, 0.3) is 0 Å². The predicted octanol–water partition coefficient (Wildman–Crippen LogP) is 4.62. The molecule has 2 aromatic carbocycles. The van der Waals surface area contributed by atoms with E-state index in [2.05, 4.69) is 10.6 Å². The van der Waals surface area contributed by atoms with Crippen LogP contribution in [0.2, 0.25) is 0 Å². The third-order valence-electron chi connectivity index (χ3n) is 4.83. The molecule has 3 N–H and O–H groups in total. The van der Waals surface area contributed by atoms with Crippen molar-refractivity contribution in [2.24, 2.45) is 0 Å². The first kappa shape index (κ1) is 27.2. The molecular formula is C27H38N2O5. The number of carbonyl (C=O) groups is 2. The maximum absolute atomic E-state index is 12.6. The Hall–Kier alpha value is -3.06. The second-order valence-electron chi connectivity index (χ2n) is 10.4. The Labute approximate surface area is 202 Å². The summed E-state index contributed by atoms with van der Waals surface area (Å²) in [5, 5.41) is 17.1. The highest BCUT2D eigenvalue weighted by Crippen LogP contribution is 2.16. The molecule has 0 bridgehead atoms. The van der Waals surface area contributed by atoms with Crippen molar-refractivity contribution in [3.8, 4) is 0 Å². The van der Waals surface area contributed by atoms with Crippen molar-refractivity contribution in [2.75, 3.05) is 0 Å². The molecule has 2 amide bonds. The summed E-state index contributed by atoms with van der Waals surface area (Å²) in [5.41, 5.74) is 0.478. The van der Waals surface area contributed by atoms with Gasteiger partial charge in [0.2, 0.25) is 0 Å². The number of aliphatic hydroxyl groups is 1. The number of aliphatic hydroxyl groups excluding tert-OH is 1. The Kier molecular flexibility index (Phi) is 9.50. The number of hydrogen-bond donors (Lipinski definition) is 3. The molecule has 0 spiro atoms. The van der Waals surface area contributed by atoms with Crippen LogP contribution >= 0.6 is 0 Å². The fourth-order valence-electron chi connectivity index (χ4n) is 3.45. The normalized spacial score (nSPS) is 13.6. The molecule has 0 fully saturated rings. The average molecular weight is 471 g/mol. The van der Waals surface area contributed by atoms with Crippen molar-refractivity contribution in [1.82, 2.24) is 10.6 Å². The molecular weight excluding hydrogens is 432 g/mol. The molecule has 2 rings (SSSR count). The molecule has 0 unspecified atom stereocenters. The largest absolute Gasteiger partial charge is 0.444 e. The predicted molar refractivity (Wildman–Crippen MR) is 133 cm³/mol. The highest BCUT2D eigenvalue weighted by molar-refractivity contribution is 5.69. The van der Waals surface area contributed by atoms with Crippen LogP contribution in [-0.2, 0) is 22.3 Å². The van der Waals surface area contributed by atoms with E-state index in [9.17, 15) is 14.7 Å². The number of ether oxygens (including phenoxy) is 2. The van der Waals surface area contributed by atoms with Gasteiger partial charge in [0.25, 0.3) is 0 Å². The summed E-state index contributed by atoms with van der Waals surface area (Å²) in [6, 6.07) is 17.6. The summed E-state index contributed by atoms with van der Waals surface area (Å²) in [5.74, 6) is 0. The number of carbonyl (C=O) groups excluding carboxylic acids is 2. The number of amides is 2. The van der Waals surface area contributed by atoms with Gasteiger partial charge >= 0.3 is 12.2 Å². The topological polar surface area (TPSA) is 96.9 Å². The van der Waals surface area contributed by atoms with E-state index in [4.69, 9.17) is 9.47 Å². The van der Waals surface area contributed by atoms with Crippen LogP contribution in [0.1, 0.15) is 52.7 Å². The lowest BCUT2D eigenvalue weighted by molar-refractivity contribution is 0.0290. The zero-order valence-corrected chi connectivity index (χ0v) is 21.0. The average Bonchev–Trinajstić information content (AvgIpc) is 2.71. The summed E-state index contributed by atoms with van der Waals surface area (Å²) in [7, 11) is 0. The Morgan fingerprint density at radius 1 is 0.706 bits per heavy atom. The zero-order chi connectivity index (χ0) is 25.4. The molecule has 0 saturated carbocycles. The zero-order valence-electron chi connectivity index (χ0n) is 21.0. The first-order valence-corrected chi connectivity index (χ1v) is 11.6. The SMILES string of the molecule is CC(C)(C)OC(=O)N[C@@H](Cc1ccccc1)C(O)[C@H](Cc1ccccc1)NC(=O)OC(C)(C)C. The van der Waals surface area contributed by atoms with Gasteiger partial charge in [-0.05, 0) is 65.5 Å². The number of alkyl carbamates (subject to hydrolysis) is 2. The fraction of sp³-hybridized carbons (Fsp3) is 0.481. The van der Waals surface area contributed by atoms with E-state index in [0.717, 1.165) is 11.1 Å². The van der Waals surface area contributed by atoms with Gasteiger partial charge in [0.1, 0.15) is 11.2 Å². The summed E-state index contributed by atoms with van der Waals surface area (Å²) >= 11 is 0. The monoisotopic (exact) mass is 470 g/mol. The van der Waals surface area contributed by atoms with Crippen molar-refractivity contribution < 1.29 is 24.2 Å². The Bertz CT molecular complexity index is 829. The minimum atomic E-state index is -1.12. The summed E-state index contributed by atoms with van der Waals surface area (Å²) in [4.78, 5) is 25.2. The molecule has 7 heteroatoms. The van der Waals surface area contributed by atoms with Crippen molar-refractivity contribution >= 4 is 12.2 Å². The van der Waals surface area contributed by atoms with Gasteiger partial charge in [0, 0.05) is 0 Å². The van der Waals surface area contributed by atoms with Gasteiger partial charge in [-0.15, -0.1) is 0 Å². The second kappa shape index (κ2) is 11.9. The lowest BCUT2D eigenvalue weighted by Gasteiger charge is -2.32. The second-order valence-corrected chi connectivity index (χ2v) is 10.4. The Balaban J connectivity index is 2.30. The van der Waals surface area contributed by atoms with E-state index in [1.54, 1.807) is 41.5 Å².